The highest BCUT2D eigenvalue weighted by atomic mass is 32.1. The lowest BCUT2D eigenvalue weighted by Gasteiger charge is -2.37. The number of fused-ring (bicyclic) bond motifs is 1. The van der Waals surface area contributed by atoms with Gasteiger partial charge in [0.25, 0.3) is 0 Å². The minimum absolute atomic E-state index is 0.0191. The molecular weight excluding hydrogens is 384 g/mol. The van der Waals surface area contributed by atoms with Crippen molar-refractivity contribution in [1.29, 1.82) is 0 Å². The lowest BCUT2D eigenvalue weighted by Crippen LogP contribution is -2.48. The Morgan fingerprint density at radius 2 is 1.93 bits per heavy atom. The average molecular weight is 409 g/mol. The maximum absolute atomic E-state index is 13.0. The molecule has 2 saturated heterocycles. The van der Waals surface area contributed by atoms with Crippen LogP contribution in [-0.4, -0.2) is 60.2 Å². The molecule has 3 aromatic rings. The zero-order chi connectivity index (χ0) is 19.6. The second-order valence-electron chi connectivity index (χ2n) is 7.62. The van der Waals surface area contributed by atoms with Crippen molar-refractivity contribution >= 4 is 33.3 Å². The van der Waals surface area contributed by atoms with Gasteiger partial charge in [0, 0.05) is 37.1 Å². The molecule has 4 heterocycles. The number of hydrogen-bond donors (Lipinski definition) is 0. The second kappa shape index (κ2) is 8.08. The van der Waals surface area contributed by atoms with Gasteiger partial charge in [-0.25, -0.2) is 9.97 Å². The molecule has 0 radical (unpaired) electrons. The van der Waals surface area contributed by atoms with Crippen LogP contribution in [0.1, 0.15) is 12.8 Å². The molecule has 0 unspecified atom stereocenters. The molecule has 1 amide bonds. The molecule has 0 saturated carbocycles. The van der Waals surface area contributed by atoms with Gasteiger partial charge < -0.3 is 14.5 Å². The summed E-state index contributed by atoms with van der Waals surface area (Å²) in [5.41, 5.74) is 2.34. The van der Waals surface area contributed by atoms with Gasteiger partial charge in [-0.3, -0.25) is 4.79 Å². The lowest BCUT2D eigenvalue weighted by molar-refractivity contribution is -0.139. The monoisotopic (exact) mass is 408 g/mol. The highest BCUT2D eigenvalue weighted by Crippen LogP contribution is 2.38. The van der Waals surface area contributed by atoms with Gasteiger partial charge in [-0.15, -0.1) is 11.3 Å². The van der Waals surface area contributed by atoms with Crippen LogP contribution in [0.4, 0.5) is 5.82 Å². The molecule has 7 heteroatoms. The van der Waals surface area contributed by atoms with Gasteiger partial charge in [-0.05, 0) is 18.4 Å². The zero-order valence-electron chi connectivity index (χ0n) is 16.3. The third kappa shape index (κ3) is 3.60. The third-order valence-electron chi connectivity index (χ3n) is 5.83. The van der Waals surface area contributed by atoms with E-state index in [1.165, 1.54) is 11.1 Å². The first kappa shape index (κ1) is 18.5. The van der Waals surface area contributed by atoms with Crippen molar-refractivity contribution in [3.05, 3.63) is 42.0 Å². The van der Waals surface area contributed by atoms with Crippen molar-refractivity contribution in [2.45, 2.75) is 12.8 Å². The van der Waals surface area contributed by atoms with E-state index in [4.69, 9.17) is 4.74 Å². The van der Waals surface area contributed by atoms with Gasteiger partial charge in [-0.1, -0.05) is 30.3 Å². The number of aromatic nitrogens is 2. The molecule has 0 aliphatic carbocycles. The Morgan fingerprint density at radius 3 is 2.76 bits per heavy atom. The van der Waals surface area contributed by atoms with Crippen molar-refractivity contribution in [2.75, 3.05) is 44.3 Å². The number of carbonyl (C=O) groups is 1. The molecule has 150 valence electrons. The van der Waals surface area contributed by atoms with Gasteiger partial charge in [-0.2, -0.15) is 0 Å². The van der Waals surface area contributed by atoms with Crippen molar-refractivity contribution < 1.29 is 9.53 Å². The Bertz CT molecular complexity index is 1000. The predicted molar refractivity (Wildman–Crippen MR) is 115 cm³/mol. The van der Waals surface area contributed by atoms with Gasteiger partial charge in [0.2, 0.25) is 5.91 Å². The summed E-state index contributed by atoms with van der Waals surface area (Å²) in [6.07, 6.45) is 3.59. The van der Waals surface area contributed by atoms with E-state index < -0.39 is 0 Å². The molecule has 1 atom stereocenters. The van der Waals surface area contributed by atoms with Gasteiger partial charge in [0.1, 0.15) is 17.0 Å². The molecule has 29 heavy (non-hydrogen) atoms. The number of thiophene rings is 1. The van der Waals surface area contributed by atoms with Crippen LogP contribution in [0.3, 0.4) is 0 Å². The number of nitrogens with zero attached hydrogens (tertiary/aromatic N) is 4. The number of anilines is 1. The van der Waals surface area contributed by atoms with Crippen LogP contribution in [0.15, 0.2) is 42.0 Å². The lowest BCUT2D eigenvalue weighted by atomic mass is 9.95. The number of rotatable bonds is 3. The van der Waals surface area contributed by atoms with E-state index in [0.29, 0.717) is 32.8 Å². The number of benzene rings is 1. The molecule has 2 aliphatic rings. The Hall–Kier alpha value is -2.51. The normalized spacial score (nSPS) is 20.2. The van der Waals surface area contributed by atoms with Gasteiger partial charge in [0.05, 0.1) is 24.5 Å². The molecular formula is C22H24N4O2S. The fourth-order valence-corrected chi connectivity index (χ4v) is 5.25. The summed E-state index contributed by atoms with van der Waals surface area (Å²) in [5.74, 6) is 1.23. The van der Waals surface area contributed by atoms with E-state index in [1.54, 1.807) is 17.7 Å². The van der Waals surface area contributed by atoms with Gasteiger partial charge >= 0.3 is 0 Å². The van der Waals surface area contributed by atoms with E-state index in [9.17, 15) is 4.79 Å². The average Bonchev–Trinajstić information content (AvgIpc) is 3.24. The Labute approximate surface area is 174 Å². The summed E-state index contributed by atoms with van der Waals surface area (Å²) in [4.78, 5) is 27.5. The van der Waals surface area contributed by atoms with Crippen LogP contribution in [-0.2, 0) is 9.53 Å². The first-order valence-electron chi connectivity index (χ1n) is 10.2. The summed E-state index contributed by atoms with van der Waals surface area (Å²) in [6, 6.07) is 10.4. The molecule has 0 bridgehead atoms. The van der Waals surface area contributed by atoms with E-state index >= 15 is 0 Å². The maximum Gasteiger partial charge on any atom is 0.227 e. The highest BCUT2D eigenvalue weighted by molar-refractivity contribution is 7.17. The summed E-state index contributed by atoms with van der Waals surface area (Å²) in [6.45, 7) is 4.33. The summed E-state index contributed by atoms with van der Waals surface area (Å²) in [5, 5.41) is 3.27. The Morgan fingerprint density at radius 1 is 1.10 bits per heavy atom. The zero-order valence-corrected chi connectivity index (χ0v) is 17.1. The molecule has 5 rings (SSSR count). The van der Waals surface area contributed by atoms with Gasteiger partial charge in [0.15, 0.2) is 0 Å². The first-order valence-corrected chi connectivity index (χ1v) is 11.1. The van der Waals surface area contributed by atoms with E-state index in [-0.39, 0.29) is 11.8 Å². The molecule has 6 nitrogen and oxygen atoms in total. The molecule has 0 spiro atoms. The van der Waals surface area contributed by atoms with Crippen LogP contribution < -0.4 is 4.90 Å². The number of morpholine rings is 1. The summed E-state index contributed by atoms with van der Waals surface area (Å²) in [7, 11) is 0. The minimum Gasteiger partial charge on any atom is -0.378 e. The molecule has 2 fully saturated rings. The SMILES string of the molecule is O=C([C@H]1CCCN(c2ncnc3scc(-c4ccccc4)c23)C1)N1CCOCC1. The molecule has 0 N–H and O–H groups in total. The second-order valence-corrected chi connectivity index (χ2v) is 8.47. The Kier molecular flexibility index (Phi) is 5.16. The van der Waals surface area contributed by atoms with Crippen molar-refractivity contribution in [2.24, 2.45) is 5.92 Å². The number of piperidine rings is 1. The van der Waals surface area contributed by atoms with Crippen LogP contribution in [0.5, 0.6) is 0 Å². The standard InChI is InChI=1S/C22H24N4O2S/c27-22(25-9-11-28-12-10-25)17-7-4-8-26(13-17)20-19-18(16-5-2-1-3-6-16)14-29-21(19)24-15-23-20/h1-3,5-6,14-15,17H,4,7-13H2/t17-/m0/s1. The third-order valence-corrected chi connectivity index (χ3v) is 6.71. The van der Waals surface area contributed by atoms with E-state index in [0.717, 1.165) is 35.4 Å². The summed E-state index contributed by atoms with van der Waals surface area (Å²) < 4.78 is 5.40. The molecule has 2 aliphatic heterocycles. The van der Waals surface area contributed by atoms with Crippen LogP contribution >= 0.6 is 11.3 Å². The highest BCUT2D eigenvalue weighted by Gasteiger charge is 2.31. The van der Waals surface area contributed by atoms with Crippen molar-refractivity contribution in [3.8, 4) is 11.1 Å². The Balaban J connectivity index is 1.46. The fraction of sp³-hybridized carbons (Fsp3) is 0.409. The van der Waals surface area contributed by atoms with E-state index in [1.807, 2.05) is 11.0 Å². The summed E-state index contributed by atoms with van der Waals surface area (Å²) >= 11 is 1.65. The number of ether oxygens (including phenoxy) is 1. The quantitative estimate of drug-likeness (QED) is 0.665. The topological polar surface area (TPSA) is 58.6 Å². The minimum atomic E-state index is 0.0191. The predicted octanol–water partition coefficient (Wildman–Crippen LogP) is 3.43. The van der Waals surface area contributed by atoms with Crippen LogP contribution in [0, 0.1) is 5.92 Å². The molecule has 2 aromatic heterocycles. The first-order chi connectivity index (χ1) is 14.3. The van der Waals surface area contributed by atoms with Crippen molar-refractivity contribution in [1.82, 2.24) is 14.9 Å². The fourth-order valence-electron chi connectivity index (χ4n) is 4.34. The smallest absolute Gasteiger partial charge is 0.227 e. The maximum atomic E-state index is 13.0. The van der Waals surface area contributed by atoms with Crippen LogP contribution in [0.25, 0.3) is 21.3 Å². The van der Waals surface area contributed by atoms with E-state index in [2.05, 4.69) is 44.5 Å². The molecule has 1 aromatic carbocycles. The van der Waals surface area contributed by atoms with Crippen LogP contribution in [0.2, 0.25) is 0 Å². The largest absolute Gasteiger partial charge is 0.378 e. The number of carbonyl (C=O) groups excluding carboxylic acids is 1. The number of hydrogen-bond acceptors (Lipinski definition) is 6. The van der Waals surface area contributed by atoms with Crippen molar-refractivity contribution in [3.63, 3.8) is 0 Å². The number of amides is 1.